The molecule has 0 atom stereocenters. The number of carbonyl (C=O) groups is 1. The van der Waals surface area contributed by atoms with Crippen molar-refractivity contribution in [3.63, 3.8) is 0 Å². The molecule has 4 heteroatoms. The van der Waals surface area contributed by atoms with Gasteiger partial charge in [-0.25, -0.2) is 8.78 Å². The van der Waals surface area contributed by atoms with Crippen LogP contribution in [0.1, 0.15) is 10.4 Å². The molecular weight excluding hydrogens is 194 g/mol. The van der Waals surface area contributed by atoms with Crippen LogP contribution in [0.5, 0.6) is 0 Å². The highest BCUT2D eigenvalue weighted by atomic mass is 32.2. The fourth-order valence-electron chi connectivity index (χ4n) is 0.967. The molecule has 0 unspecified atom stereocenters. The highest BCUT2D eigenvalue weighted by Crippen LogP contribution is 2.14. The molecule has 0 heterocycles. The van der Waals surface area contributed by atoms with E-state index in [2.05, 4.69) is 0 Å². The van der Waals surface area contributed by atoms with Crippen LogP contribution in [0.2, 0.25) is 0 Å². The molecule has 1 nitrogen and oxygen atoms in total. The van der Waals surface area contributed by atoms with E-state index in [0.717, 1.165) is 12.1 Å². The van der Waals surface area contributed by atoms with Crippen LogP contribution in [0.4, 0.5) is 8.78 Å². The van der Waals surface area contributed by atoms with Gasteiger partial charge in [-0.05, 0) is 18.4 Å². The summed E-state index contributed by atoms with van der Waals surface area (Å²) in [4.78, 5) is 11.2. The molecule has 13 heavy (non-hydrogen) atoms. The number of thioether (sulfide) groups is 1. The summed E-state index contributed by atoms with van der Waals surface area (Å²) in [5.41, 5.74) is -0.433. The number of Topliss-reactive ketones (excluding diaryl/α,β-unsaturated/α-hetero) is 1. The first-order chi connectivity index (χ1) is 6.16. The molecule has 0 radical (unpaired) electrons. The molecule has 0 aliphatic carbocycles. The Labute approximate surface area is 79.1 Å². The van der Waals surface area contributed by atoms with Crippen LogP contribution in [0.25, 0.3) is 0 Å². The minimum Gasteiger partial charge on any atom is -0.293 e. The Kier molecular flexibility index (Phi) is 3.42. The second-order valence-corrected chi connectivity index (χ2v) is 3.32. The maximum atomic E-state index is 13.0. The van der Waals surface area contributed by atoms with E-state index in [4.69, 9.17) is 0 Å². The molecule has 0 N–H and O–H groups in total. The lowest BCUT2D eigenvalue weighted by Crippen LogP contribution is -2.07. The molecule has 0 fully saturated rings. The van der Waals surface area contributed by atoms with Crippen molar-refractivity contribution in [1.29, 1.82) is 0 Å². The van der Waals surface area contributed by atoms with Gasteiger partial charge < -0.3 is 0 Å². The van der Waals surface area contributed by atoms with Gasteiger partial charge >= 0.3 is 0 Å². The smallest absolute Gasteiger partial charge is 0.178 e. The zero-order valence-electron chi connectivity index (χ0n) is 7.01. The molecule has 0 aliphatic heterocycles. The molecule has 1 rings (SSSR count). The number of halogens is 2. The third-order valence-corrected chi connectivity index (χ3v) is 2.07. The van der Waals surface area contributed by atoms with Gasteiger partial charge in [-0.3, -0.25) is 4.79 Å². The number of hydrogen-bond donors (Lipinski definition) is 0. The molecule has 70 valence electrons. The van der Waals surface area contributed by atoms with Gasteiger partial charge in [0.2, 0.25) is 0 Å². The van der Waals surface area contributed by atoms with E-state index in [0.29, 0.717) is 0 Å². The van der Waals surface area contributed by atoms with E-state index in [9.17, 15) is 13.6 Å². The van der Waals surface area contributed by atoms with Gasteiger partial charge in [0.05, 0.1) is 11.3 Å². The molecule has 0 aliphatic rings. The maximum absolute atomic E-state index is 13.0. The predicted molar refractivity (Wildman–Crippen MR) is 49.1 cm³/mol. The Bertz CT molecular complexity index is 305. The number of ketones is 1. The largest absolute Gasteiger partial charge is 0.293 e. The highest BCUT2D eigenvalue weighted by Gasteiger charge is 2.15. The topological polar surface area (TPSA) is 17.1 Å². The first kappa shape index (κ1) is 10.2. The summed E-state index contributed by atoms with van der Waals surface area (Å²) in [5, 5.41) is 0. The molecule has 0 saturated carbocycles. The average molecular weight is 202 g/mol. The van der Waals surface area contributed by atoms with E-state index in [1.807, 2.05) is 0 Å². The number of rotatable bonds is 3. The monoisotopic (exact) mass is 202 g/mol. The first-order valence-corrected chi connectivity index (χ1v) is 5.02. The molecule has 0 aromatic heterocycles. The summed E-state index contributed by atoms with van der Waals surface area (Å²) < 4.78 is 25.9. The molecule has 1 aromatic carbocycles. The molecular formula is C9H8F2OS. The lowest BCUT2D eigenvalue weighted by Gasteiger charge is -2.01. The minimum atomic E-state index is -0.793. The van der Waals surface area contributed by atoms with Crippen LogP contribution in [0.15, 0.2) is 18.2 Å². The van der Waals surface area contributed by atoms with Crippen LogP contribution < -0.4 is 0 Å². The van der Waals surface area contributed by atoms with Gasteiger partial charge in [-0.1, -0.05) is 6.07 Å². The molecule has 0 spiro atoms. The maximum Gasteiger partial charge on any atom is 0.178 e. The Morgan fingerprint density at radius 3 is 2.38 bits per heavy atom. The molecule has 0 saturated heterocycles. The first-order valence-electron chi connectivity index (χ1n) is 3.63. The van der Waals surface area contributed by atoms with Crippen LogP contribution in [0, 0.1) is 11.6 Å². The van der Waals surface area contributed by atoms with E-state index < -0.39 is 23.0 Å². The highest BCUT2D eigenvalue weighted by molar-refractivity contribution is 7.99. The van der Waals surface area contributed by atoms with Crippen molar-refractivity contribution >= 4 is 17.5 Å². The lowest BCUT2D eigenvalue weighted by molar-refractivity contribution is 0.101. The van der Waals surface area contributed by atoms with Crippen LogP contribution in [-0.4, -0.2) is 17.8 Å². The van der Waals surface area contributed by atoms with E-state index in [1.165, 1.54) is 17.8 Å². The van der Waals surface area contributed by atoms with Gasteiger partial charge in [-0.2, -0.15) is 11.8 Å². The van der Waals surface area contributed by atoms with Gasteiger partial charge in [0.15, 0.2) is 5.78 Å². The third-order valence-electron chi connectivity index (χ3n) is 1.52. The fraction of sp³-hybridized carbons (Fsp3) is 0.222. The molecule has 1 aromatic rings. The second kappa shape index (κ2) is 4.37. The van der Waals surface area contributed by atoms with Crippen molar-refractivity contribution in [2.24, 2.45) is 0 Å². The standard InChI is InChI=1S/C9H8F2OS/c1-13-5-8(12)9-6(10)3-2-4-7(9)11/h2-4H,5H2,1H3. The normalized spacial score (nSPS) is 10.1. The van der Waals surface area contributed by atoms with E-state index >= 15 is 0 Å². The third kappa shape index (κ3) is 2.28. The Balaban J connectivity index is 3.05. The minimum absolute atomic E-state index is 0.0951. The van der Waals surface area contributed by atoms with E-state index in [-0.39, 0.29) is 5.75 Å². The van der Waals surface area contributed by atoms with Crippen molar-refractivity contribution < 1.29 is 13.6 Å². The van der Waals surface area contributed by atoms with Crippen molar-refractivity contribution in [1.82, 2.24) is 0 Å². The van der Waals surface area contributed by atoms with Crippen molar-refractivity contribution in [3.8, 4) is 0 Å². The Morgan fingerprint density at radius 1 is 1.38 bits per heavy atom. The summed E-state index contributed by atoms with van der Waals surface area (Å²) in [5.74, 6) is -2.00. The van der Waals surface area contributed by atoms with Crippen LogP contribution in [0.3, 0.4) is 0 Å². The summed E-state index contributed by atoms with van der Waals surface area (Å²) in [6.07, 6.45) is 1.71. The zero-order valence-corrected chi connectivity index (χ0v) is 7.83. The zero-order chi connectivity index (χ0) is 9.84. The van der Waals surface area contributed by atoms with Crippen molar-refractivity contribution in [2.45, 2.75) is 0 Å². The van der Waals surface area contributed by atoms with Gasteiger partial charge in [0, 0.05) is 0 Å². The van der Waals surface area contributed by atoms with Crippen LogP contribution in [-0.2, 0) is 0 Å². The second-order valence-electron chi connectivity index (χ2n) is 2.45. The van der Waals surface area contributed by atoms with Gasteiger partial charge in [0.1, 0.15) is 11.6 Å². The van der Waals surface area contributed by atoms with Crippen molar-refractivity contribution in [2.75, 3.05) is 12.0 Å². The summed E-state index contributed by atoms with van der Waals surface area (Å²) >= 11 is 1.24. The van der Waals surface area contributed by atoms with Crippen molar-refractivity contribution in [3.05, 3.63) is 35.4 Å². The average Bonchev–Trinajstić information content (AvgIpc) is 2.04. The Morgan fingerprint density at radius 2 is 1.92 bits per heavy atom. The van der Waals surface area contributed by atoms with Gasteiger partial charge in [-0.15, -0.1) is 0 Å². The number of benzene rings is 1. The summed E-state index contributed by atoms with van der Waals surface area (Å²) in [6, 6.07) is 3.40. The SMILES string of the molecule is CSCC(=O)c1c(F)cccc1F. The lowest BCUT2D eigenvalue weighted by atomic mass is 10.1. The number of carbonyl (C=O) groups excluding carboxylic acids is 1. The van der Waals surface area contributed by atoms with E-state index in [1.54, 1.807) is 6.26 Å². The molecule has 0 bridgehead atoms. The predicted octanol–water partition coefficient (Wildman–Crippen LogP) is 2.51. The quantitative estimate of drug-likeness (QED) is 0.700. The summed E-state index contributed by atoms with van der Waals surface area (Å²) in [6.45, 7) is 0. The molecule has 0 amide bonds. The number of hydrogen-bond acceptors (Lipinski definition) is 2. The fourth-order valence-corrected chi connectivity index (χ4v) is 1.37. The van der Waals surface area contributed by atoms with Crippen LogP contribution >= 0.6 is 11.8 Å². The Hall–Kier alpha value is -0.900. The summed E-state index contributed by atoms with van der Waals surface area (Å²) in [7, 11) is 0. The van der Waals surface area contributed by atoms with Gasteiger partial charge in [0.25, 0.3) is 0 Å².